The summed E-state index contributed by atoms with van der Waals surface area (Å²) in [4.78, 5) is 0. The van der Waals surface area contributed by atoms with Crippen molar-refractivity contribution in [3.63, 3.8) is 0 Å². The number of hydrogen-bond acceptors (Lipinski definition) is 1. The molecule has 2 rings (SSSR count). The van der Waals surface area contributed by atoms with Crippen LogP contribution in [0.1, 0.15) is 11.1 Å². The lowest BCUT2D eigenvalue weighted by Gasteiger charge is -1.84. The second kappa shape index (κ2) is 1.38. The summed E-state index contributed by atoms with van der Waals surface area (Å²) in [5, 5.41) is 0. The van der Waals surface area contributed by atoms with E-state index in [0.717, 1.165) is 16.7 Å². The summed E-state index contributed by atoms with van der Waals surface area (Å²) in [6, 6.07) is 0. The Balaban J connectivity index is 2.73. The quantitative estimate of drug-likeness (QED) is 0.509. The highest BCUT2D eigenvalue weighted by molar-refractivity contribution is 5.87. The minimum atomic E-state index is 1.04. The van der Waals surface area contributed by atoms with Crippen molar-refractivity contribution in [3.8, 4) is 0 Å². The van der Waals surface area contributed by atoms with Gasteiger partial charge in [-0.2, -0.15) is 0 Å². The first-order valence-corrected chi connectivity index (χ1v) is 2.81. The van der Waals surface area contributed by atoms with E-state index in [9.17, 15) is 0 Å². The third-order valence-corrected chi connectivity index (χ3v) is 1.50. The lowest BCUT2D eigenvalue weighted by molar-refractivity contribution is 0.566. The van der Waals surface area contributed by atoms with E-state index >= 15 is 0 Å². The summed E-state index contributed by atoms with van der Waals surface area (Å²) in [6.07, 6.45) is 7.43. The van der Waals surface area contributed by atoms with E-state index in [2.05, 4.69) is 6.58 Å². The molecule has 1 aromatic rings. The van der Waals surface area contributed by atoms with Gasteiger partial charge in [0.25, 0.3) is 0 Å². The van der Waals surface area contributed by atoms with E-state index < -0.39 is 0 Å². The molecule has 0 amide bonds. The smallest absolute Gasteiger partial charge is 0.0987 e. The summed E-state index contributed by atoms with van der Waals surface area (Å²) in [6.45, 7) is 3.82. The molecule has 0 aromatic carbocycles. The lowest BCUT2D eigenvalue weighted by atomic mass is 10.2. The maximum absolute atomic E-state index is 4.95. The van der Waals surface area contributed by atoms with Crippen LogP contribution >= 0.6 is 0 Å². The van der Waals surface area contributed by atoms with Crippen molar-refractivity contribution in [1.82, 2.24) is 0 Å². The Kier molecular flexibility index (Phi) is 0.707. The van der Waals surface area contributed by atoms with Crippen molar-refractivity contribution >= 4 is 11.6 Å². The summed E-state index contributed by atoms with van der Waals surface area (Å²) in [7, 11) is 0. The van der Waals surface area contributed by atoms with Crippen LogP contribution in [0.5, 0.6) is 0 Å². The maximum atomic E-state index is 4.95. The zero-order chi connectivity index (χ0) is 6.27. The summed E-state index contributed by atoms with van der Waals surface area (Å²) < 4.78 is 4.95. The molecule has 0 aliphatic heterocycles. The minimum absolute atomic E-state index is 1.04. The molecular weight excluding hydrogens is 112 g/mol. The molecular formula is C8H6O. The highest BCUT2D eigenvalue weighted by Gasteiger charge is 2.08. The fourth-order valence-corrected chi connectivity index (χ4v) is 0.977. The molecule has 1 heteroatoms. The zero-order valence-electron chi connectivity index (χ0n) is 4.92. The first kappa shape index (κ1) is 4.62. The van der Waals surface area contributed by atoms with Gasteiger partial charge in [0.05, 0.1) is 12.5 Å². The average Bonchev–Trinajstić information content (AvgIpc) is 2.35. The Labute approximate surface area is 53.3 Å². The van der Waals surface area contributed by atoms with Crippen LogP contribution in [-0.4, -0.2) is 0 Å². The number of allylic oxidation sites excluding steroid dienone is 2. The van der Waals surface area contributed by atoms with E-state index in [1.165, 1.54) is 0 Å². The van der Waals surface area contributed by atoms with E-state index in [4.69, 9.17) is 4.42 Å². The van der Waals surface area contributed by atoms with Crippen molar-refractivity contribution in [1.29, 1.82) is 0 Å². The first-order chi connectivity index (χ1) is 4.38. The van der Waals surface area contributed by atoms with Gasteiger partial charge in [0.15, 0.2) is 0 Å². The van der Waals surface area contributed by atoms with Gasteiger partial charge in [-0.05, 0) is 5.57 Å². The molecule has 0 saturated carbocycles. The number of hydrogen-bond donors (Lipinski definition) is 0. The Bertz CT molecular complexity index is 279. The van der Waals surface area contributed by atoms with Crippen LogP contribution in [0.2, 0.25) is 0 Å². The van der Waals surface area contributed by atoms with Gasteiger partial charge in [0.1, 0.15) is 0 Å². The molecule has 0 spiro atoms. The van der Waals surface area contributed by atoms with Crippen molar-refractivity contribution < 1.29 is 4.42 Å². The fraction of sp³-hybridized carbons (Fsp3) is 0. The van der Waals surface area contributed by atoms with Gasteiger partial charge in [-0.1, -0.05) is 18.7 Å². The van der Waals surface area contributed by atoms with E-state index in [1.807, 2.05) is 12.2 Å². The molecule has 1 nitrogen and oxygen atoms in total. The number of fused-ring (bicyclic) bond motifs is 1. The molecule has 0 bridgehead atoms. The predicted octanol–water partition coefficient (Wildman–Crippen LogP) is 2.32. The molecule has 0 radical (unpaired) electrons. The topological polar surface area (TPSA) is 13.1 Å². The number of furan rings is 1. The molecule has 0 unspecified atom stereocenters. The molecule has 1 aliphatic carbocycles. The monoisotopic (exact) mass is 118 g/mol. The van der Waals surface area contributed by atoms with Crippen LogP contribution < -0.4 is 0 Å². The highest BCUT2D eigenvalue weighted by atomic mass is 16.3. The van der Waals surface area contributed by atoms with Crippen LogP contribution in [0.3, 0.4) is 0 Å². The summed E-state index contributed by atoms with van der Waals surface area (Å²) >= 11 is 0. The van der Waals surface area contributed by atoms with Gasteiger partial charge < -0.3 is 4.42 Å². The standard InChI is InChI=1S/C8H6O/c1-6-2-3-7-4-9-5-8(6)7/h2-5H,1H2. The van der Waals surface area contributed by atoms with Gasteiger partial charge in [-0.3, -0.25) is 0 Å². The van der Waals surface area contributed by atoms with Crippen molar-refractivity contribution in [3.05, 3.63) is 36.3 Å². The second-order valence-corrected chi connectivity index (χ2v) is 2.10. The highest BCUT2D eigenvalue weighted by Crippen LogP contribution is 2.27. The fourth-order valence-electron chi connectivity index (χ4n) is 0.977. The molecule has 0 saturated heterocycles. The molecule has 0 atom stereocenters. The van der Waals surface area contributed by atoms with Crippen LogP contribution in [0.15, 0.2) is 29.6 Å². The lowest BCUT2D eigenvalue weighted by Crippen LogP contribution is -1.66. The molecule has 9 heavy (non-hydrogen) atoms. The Morgan fingerprint density at radius 3 is 2.89 bits per heavy atom. The van der Waals surface area contributed by atoms with Gasteiger partial charge in [0.2, 0.25) is 0 Å². The van der Waals surface area contributed by atoms with Crippen LogP contribution in [-0.2, 0) is 0 Å². The number of rotatable bonds is 0. The van der Waals surface area contributed by atoms with Crippen LogP contribution in [0.25, 0.3) is 11.6 Å². The largest absolute Gasteiger partial charge is 0.471 e. The summed E-state index contributed by atoms with van der Waals surface area (Å²) in [5.41, 5.74) is 3.30. The van der Waals surface area contributed by atoms with Gasteiger partial charge in [-0.15, -0.1) is 0 Å². The zero-order valence-corrected chi connectivity index (χ0v) is 4.92. The molecule has 1 aliphatic rings. The normalized spacial score (nSPS) is 14.4. The molecule has 0 fully saturated rings. The SMILES string of the molecule is C=C1C=Cc2cocc21. The predicted molar refractivity (Wildman–Crippen MR) is 36.8 cm³/mol. The molecule has 44 valence electrons. The Morgan fingerprint density at radius 1 is 1.22 bits per heavy atom. The van der Waals surface area contributed by atoms with Crippen molar-refractivity contribution in [2.24, 2.45) is 0 Å². The Morgan fingerprint density at radius 2 is 2.11 bits per heavy atom. The van der Waals surface area contributed by atoms with Crippen LogP contribution in [0.4, 0.5) is 0 Å². The third kappa shape index (κ3) is 0.486. The van der Waals surface area contributed by atoms with Crippen molar-refractivity contribution in [2.75, 3.05) is 0 Å². The molecule has 1 aromatic heterocycles. The second-order valence-electron chi connectivity index (χ2n) is 2.10. The van der Waals surface area contributed by atoms with E-state index in [1.54, 1.807) is 12.5 Å². The van der Waals surface area contributed by atoms with Gasteiger partial charge in [0, 0.05) is 11.1 Å². The molecule has 1 heterocycles. The summed E-state index contributed by atoms with van der Waals surface area (Å²) in [5.74, 6) is 0. The van der Waals surface area contributed by atoms with Gasteiger partial charge in [-0.25, -0.2) is 0 Å². The van der Waals surface area contributed by atoms with E-state index in [-0.39, 0.29) is 0 Å². The minimum Gasteiger partial charge on any atom is -0.471 e. The first-order valence-electron chi connectivity index (χ1n) is 2.81. The molecule has 0 N–H and O–H groups in total. The maximum Gasteiger partial charge on any atom is 0.0987 e. The van der Waals surface area contributed by atoms with Crippen LogP contribution in [0, 0.1) is 0 Å². The average molecular weight is 118 g/mol. The van der Waals surface area contributed by atoms with Gasteiger partial charge >= 0.3 is 0 Å². The van der Waals surface area contributed by atoms with Crippen molar-refractivity contribution in [2.45, 2.75) is 0 Å². The van der Waals surface area contributed by atoms with E-state index in [0.29, 0.717) is 0 Å². The Hall–Kier alpha value is -1.24. The third-order valence-electron chi connectivity index (χ3n) is 1.50.